The molecule has 3 rings (SSSR count). The summed E-state index contributed by atoms with van der Waals surface area (Å²) in [6, 6.07) is 0. The van der Waals surface area contributed by atoms with Crippen LogP contribution in [0.4, 0.5) is 11.9 Å². The minimum Gasteiger partial charge on any atom is -0.354 e. The Balaban J connectivity index is 1.79. The smallest absolute Gasteiger partial charge is 0.231 e. The van der Waals surface area contributed by atoms with Crippen LogP contribution in [0.25, 0.3) is 0 Å². The van der Waals surface area contributed by atoms with E-state index < -0.39 is 0 Å². The van der Waals surface area contributed by atoms with E-state index in [-0.39, 0.29) is 0 Å². The maximum atomic E-state index is 4.69. The summed E-state index contributed by atoms with van der Waals surface area (Å²) in [5.41, 5.74) is 0. The van der Waals surface area contributed by atoms with Gasteiger partial charge in [0.05, 0.1) is 0 Å². The summed E-state index contributed by atoms with van der Waals surface area (Å²) in [5, 5.41) is 4.82. The number of nitrogens with one attached hydrogen (secondary N) is 1. The fourth-order valence-electron chi connectivity index (χ4n) is 2.85. The zero-order valence-electron chi connectivity index (χ0n) is 12.1. The Morgan fingerprint density at radius 3 is 2.55 bits per heavy atom. The van der Waals surface area contributed by atoms with Gasteiger partial charge in [-0.15, -0.1) is 0 Å². The molecule has 20 heavy (non-hydrogen) atoms. The first kappa shape index (κ1) is 13.9. The molecule has 1 aromatic rings. The molecule has 1 N–H and O–H groups in total. The third-order valence-electron chi connectivity index (χ3n) is 3.90. The minimum atomic E-state index is 0.693. The Morgan fingerprint density at radius 1 is 1.10 bits per heavy atom. The molecule has 110 valence electrons. The van der Waals surface area contributed by atoms with Gasteiger partial charge in [-0.3, -0.25) is 0 Å². The highest BCUT2D eigenvalue weighted by Crippen LogP contribution is 2.33. The van der Waals surface area contributed by atoms with Crippen LogP contribution in [0.5, 0.6) is 0 Å². The number of aromatic nitrogens is 3. The largest absolute Gasteiger partial charge is 0.354 e. The van der Waals surface area contributed by atoms with Gasteiger partial charge in [-0.1, -0.05) is 24.6 Å². The van der Waals surface area contributed by atoms with Gasteiger partial charge in [0.15, 0.2) is 5.16 Å². The molecule has 6 heteroatoms. The van der Waals surface area contributed by atoms with Crippen LogP contribution < -0.4 is 10.2 Å². The van der Waals surface area contributed by atoms with Crippen molar-refractivity contribution >= 4 is 23.7 Å². The highest BCUT2D eigenvalue weighted by molar-refractivity contribution is 7.99. The van der Waals surface area contributed by atoms with E-state index in [2.05, 4.69) is 32.1 Å². The molecule has 2 aliphatic rings. The van der Waals surface area contributed by atoms with E-state index in [4.69, 9.17) is 0 Å². The second-order valence-corrected chi connectivity index (χ2v) is 6.76. The van der Waals surface area contributed by atoms with Gasteiger partial charge < -0.3 is 10.2 Å². The number of nitrogens with zero attached hydrogens (tertiary/aromatic N) is 4. The summed E-state index contributed by atoms with van der Waals surface area (Å²) < 4.78 is 0. The normalized spacial score (nSPS) is 19.8. The van der Waals surface area contributed by atoms with E-state index in [1.165, 1.54) is 38.5 Å². The van der Waals surface area contributed by atoms with Gasteiger partial charge in [-0.05, 0) is 32.6 Å². The van der Waals surface area contributed by atoms with Crippen LogP contribution in [0.15, 0.2) is 5.16 Å². The van der Waals surface area contributed by atoms with Gasteiger partial charge in [0, 0.05) is 24.9 Å². The van der Waals surface area contributed by atoms with Crippen LogP contribution in [0.2, 0.25) is 0 Å². The summed E-state index contributed by atoms with van der Waals surface area (Å²) in [5.74, 6) is 1.58. The molecular formula is C14H23N5S. The maximum absolute atomic E-state index is 4.69. The van der Waals surface area contributed by atoms with Crippen molar-refractivity contribution in [3.05, 3.63) is 0 Å². The lowest BCUT2D eigenvalue weighted by Gasteiger charge is -2.17. The average molecular weight is 293 g/mol. The predicted octanol–water partition coefficient (Wildman–Crippen LogP) is 2.94. The first-order chi connectivity index (χ1) is 9.85. The molecule has 0 radical (unpaired) electrons. The lowest BCUT2D eigenvalue weighted by Crippen LogP contribution is -2.22. The van der Waals surface area contributed by atoms with E-state index in [1.54, 1.807) is 0 Å². The quantitative estimate of drug-likeness (QED) is 0.901. The van der Waals surface area contributed by atoms with Gasteiger partial charge in [0.1, 0.15) is 0 Å². The minimum absolute atomic E-state index is 0.693. The highest BCUT2D eigenvalue weighted by Gasteiger charge is 2.21. The molecule has 1 aromatic heterocycles. The van der Waals surface area contributed by atoms with Crippen LogP contribution >= 0.6 is 11.8 Å². The molecule has 1 aliphatic heterocycles. The number of hydrogen-bond donors (Lipinski definition) is 1. The molecule has 0 bridgehead atoms. The van der Waals surface area contributed by atoms with Crippen LogP contribution in [-0.2, 0) is 0 Å². The van der Waals surface area contributed by atoms with Gasteiger partial charge in [-0.2, -0.15) is 15.0 Å². The summed E-state index contributed by atoms with van der Waals surface area (Å²) in [6.45, 7) is 5.06. The zero-order valence-corrected chi connectivity index (χ0v) is 13.0. The van der Waals surface area contributed by atoms with E-state index >= 15 is 0 Å². The second kappa shape index (κ2) is 6.61. The van der Waals surface area contributed by atoms with Gasteiger partial charge >= 0.3 is 0 Å². The molecule has 1 aliphatic carbocycles. The summed E-state index contributed by atoms with van der Waals surface area (Å²) in [4.78, 5) is 16.1. The van der Waals surface area contributed by atoms with Crippen molar-refractivity contribution in [2.75, 3.05) is 29.9 Å². The highest BCUT2D eigenvalue weighted by atomic mass is 32.2. The van der Waals surface area contributed by atoms with Crippen molar-refractivity contribution in [1.29, 1.82) is 0 Å². The van der Waals surface area contributed by atoms with Gasteiger partial charge in [0.25, 0.3) is 0 Å². The Kier molecular flexibility index (Phi) is 4.60. The molecule has 0 amide bonds. The molecule has 5 nitrogen and oxygen atoms in total. The van der Waals surface area contributed by atoms with Crippen molar-refractivity contribution in [3.8, 4) is 0 Å². The van der Waals surface area contributed by atoms with E-state index in [0.717, 1.165) is 36.7 Å². The van der Waals surface area contributed by atoms with E-state index in [0.29, 0.717) is 5.25 Å². The lowest BCUT2D eigenvalue weighted by molar-refractivity contribution is 0.817. The third-order valence-corrected chi connectivity index (χ3v) is 5.10. The Labute approximate surface area is 125 Å². The van der Waals surface area contributed by atoms with E-state index in [1.807, 2.05) is 11.8 Å². The Hall–Kier alpha value is -1.04. The van der Waals surface area contributed by atoms with Crippen LogP contribution in [0.3, 0.4) is 0 Å². The van der Waals surface area contributed by atoms with Crippen molar-refractivity contribution in [2.24, 2.45) is 0 Å². The van der Waals surface area contributed by atoms with Gasteiger partial charge in [0.2, 0.25) is 11.9 Å². The standard InChI is InChI=1S/C14H23N5S/c1-2-15-12-16-13(19-9-5-6-10-19)18-14(17-12)20-11-7-3-4-8-11/h11H,2-10H2,1H3,(H,15,16,17,18). The first-order valence-corrected chi connectivity index (χ1v) is 8.64. The number of rotatable bonds is 5. The number of hydrogen-bond acceptors (Lipinski definition) is 6. The molecule has 0 unspecified atom stereocenters. The predicted molar refractivity (Wildman–Crippen MR) is 83.6 cm³/mol. The third kappa shape index (κ3) is 3.34. The molecule has 2 fully saturated rings. The molecule has 0 spiro atoms. The van der Waals surface area contributed by atoms with Gasteiger partial charge in [-0.25, -0.2) is 0 Å². The fraction of sp³-hybridized carbons (Fsp3) is 0.786. The van der Waals surface area contributed by atoms with Crippen molar-refractivity contribution in [2.45, 2.75) is 55.9 Å². The van der Waals surface area contributed by atoms with Crippen LogP contribution in [0.1, 0.15) is 45.4 Å². The number of anilines is 2. The molecular weight excluding hydrogens is 270 g/mol. The van der Waals surface area contributed by atoms with Crippen LogP contribution in [0, 0.1) is 0 Å². The first-order valence-electron chi connectivity index (χ1n) is 7.76. The second-order valence-electron chi connectivity index (χ2n) is 5.49. The van der Waals surface area contributed by atoms with E-state index in [9.17, 15) is 0 Å². The molecule has 2 heterocycles. The fourth-order valence-corrected chi connectivity index (χ4v) is 3.99. The Bertz CT molecular complexity index is 441. The average Bonchev–Trinajstić information content (AvgIpc) is 3.11. The Morgan fingerprint density at radius 2 is 1.85 bits per heavy atom. The molecule has 0 aromatic carbocycles. The monoisotopic (exact) mass is 293 g/mol. The molecule has 1 saturated heterocycles. The number of thioether (sulfide) groups is 1. The SMILES string of the molecule is CCNc1nc(SC2CCCC2)nc(N2CCCC2)n1. The summed E-state index contributed by atoms with van der Waals surface area (Å²) in [7, 11) is 0. The van der Waals surface area contributed by atoms with Crippen molar-refractivity contribution in [3.63, 3.8) is 0 Å². The topological polar surface area (TPSA) is 53.9 Å². The van der Waals surface area contributed by atoms with Crippen molar-refractivity contribution < 1.29 is 0 Å². The maximum Gasteiger partial charge on any atom is 0.231 e. The molecule has 0 atom stereocenters. The van der Waals surface area contributed by atoms with Crippen LogP contribution in [-0.4, -0.2) is 39.8 Å². The summed E-state index contributed by atoms with van der Waals surface area (Å²) in [6.07, 6.45) is 7.78. The van der Waals surface area contributed by atoms with Crippen molar-refractivity contribution in [1.82, 2.24) is 15.0 Å². The summed E-state index contributed by atoms with van der Waals surface area (Å²) >= 11 is 1.84. The zero-order chi connectivity index (χ0) is 13.8. The molecule has 1 saturated carbocycles. The lowest BCUT2D eigenvalue weighted by atomic mass is 10.4.